The van der Waals surface area contributed by atoms with Gasteiger partial charge in [-0.05, 0) is 95.4 Å². The van der Waals surface area contributed by atoms with Gasteiger partial charge in [-0.3, -0.25) is 9.69 Å². The van der Waals surface area contributed by atoms with Crippen LogP contribution in [-0.2, 0) is 0 Å². The zero-order valence-corrected chi connectivity index (χ0v) is 26.7. The molecule has 0 atom stereocenters. The fourth-order valence-corrected chi connectivity index (χ4v) is 6.52. The summed E-state index contributed by atoms with van der Waals surface area (Å²) in [4.78, 5) is 45.4. The molecule has 3 aliphatic rings. The molecule has 11 heteroatoms. The lowest BCUT2D eigenvalue weighted by Gasteiger charge is -2.42. The summed E-state index contributed by atoms with van der Waals surface area (Å²) >= 11 is 0. The molecule has 0 spiro atoms. The zero-order valence-electron chi connectivity index (χ0n) is 26.7. The highest BCUT2D eigenvalue weighted by Gasteiger charge is 2.27. The summed E-state index contributed by atoms with van der Waals surface area (Å²) in [6.07, 6.45) is 4.42. The van der Waals surface area contributed by atoms with E-state index in [1.54, 1.807) is 29.2 Å². The Kier molecular flexibility index (Phi) is 9.46. The van der Waals surface area contributed by atoms with Crippen LogP contribution < -0.4 is 20.4 Å². The summed E-state index contributed by atoms with van der Waals surface area (Å²) in [5.41, 5.74) is 4.51. The number of nitrogens with one attached hydrogen (secondary N) is 2. The Morgan fingerprint density at radius 2 is 1.40 bits per heavy atom. The van der Waals surface area contributed by atoms with Gasteiger partial charge in [0.2, 0.25) is 5.95 Å². The topological polar surface area (TPSA) is 100 Å². The van der Waals surface area contributed by atoms with Gasteiger partial charge in [0.25, 0.3) is 0 Å². The highest BCUT2D eigenvalue weighted by molar-refractivity contribution is 5.95. The van der Waals surface area contributed by atoms with Crippen LogP contribution >= 0.6 is 0 Å². The summed E-state index contributed by atoms with van der Waals surface area (Å²) in [5, 5.41) is 6.32. The van der Waals surface area contributed by atoms with Crippen LogP contribution in [0.25, 0.3) is 0 Å². The second kappa shape index (κ2) is 13.8. The Labute approximate surface area is 266 Å². The van der Waals surface area contributed by atoms with Crippen molar-refractivity contribution in [2.24, 2.45) is 0 Å². The van der Waals surface area contributed by atoms with Crippen LogP contribution in [0.2, 0.25) is 0 Å². The fourth-order valence-electron chi connectivity index (χ4n) is 6.52. The number of carbonyl (C=O) groups excluding carboxylic acids is 2. The number of carbonyl (C=O) groups is 2. The monoisotopic (exact) mass is 611 g/mol. The Balaban J connectivity index is 0.996. The molecule has 0 aliphatic carbocycles. The highest BCUT2D eigenvalue weighted by atomic mass is 16.2. The first kappa shape index (κ1) is 30.8. The van der Waals surface area contributed by atoms with Crippen LogP contribution in [0.4, 0.5) is 33.6 Å². The summed E-state index contributed by atoms with van der Waals surface area (Å²) in [7, 11) is 2.23. The minimum Gasteiger partial charge on any atom is -0.369 e. The smallest absolute Gasteiger partial charge is 0.321 e. The van der Waals surface area contributed by atoms with E-state index < -0.39 is 0 Å². The lowest BCUT2D eigenvalue weighted by molar-refractivity contribution is 0.101. The van der Waals surface area contributed by atoms with Crippen molar-refractivity contribution in [3.8, 4) is 0 Å². The molecule has 1 aromatic heterocycles. The normalized spacial score (nSPS) is 18.6. The van der Waals surface area contributed by atoms with Crippen molar-refractivity contribution in [3.63, 3.8) is 0 Å². The molecule has 3 saturated heterocycles. The van der Waals surface area contributed by atoms with E-state index in [1.807, 2.05) is 13.1 Å². The Morgan fingerprint density at radius 1 is 0.778 bits per heavy atom. The molecule has 0 bridgehead atoms. The number of benzene rings is 2. The van der Waals surface area contributed by atoms with Crippen molar-refractivity contribution in [1.82, 2.24) is 24.7 Å². The molecule has 4 heterocycles. The van der Waals surface area contributed by atoms with E-state index in [0.717, 1.165) is 49.3 Å². The lowest BCUT2D eigenvalue weighted by atomic mass is 10.0. The standard InChI is InChI=1S/C34H45N9O2/c1-25-24-35-33(36-28-8-10-30(11-9-28)40-16-18-41(19-17-40)31-12-14-39(3)15-13-31)38-32(25)42-20-22-43(23-21-42)34(45)37-29-6-4-27(5-7-29)26(2)44/h4-11,24,31H,12-23H2,1-3H3,(H,37,45)(H,35,36,38). The van der Waals surface area contributed by atoms with Crippen molar-refractivity contribution < 1.29 is 9.59 Å². The first-order valence-electron chi connectivity index (χ1n) is 16.1. The molecule has 6 rings (SSSR count). The number of piperazine rings is 2. The molecular weight excluding hydrogens is 566 g/mol. The molecule has 2 amide bonds. The van der Waals surface area contributed by atoms with Crippen LogP contribution in [0.3, 0.4) is 0 Å². The van der Waals surface area contributed by atoms with Gasteiger partial charge in [0.15, 0.2) is 5.78 Å². The maximum Gasteiger partial charge on any atom is 0.321 e. The third-order valence-electron chi connectivity index (χ3n) is 9.36. The molecule has 11 nitrogen and oxygen atoms in total. The second-order valence-electron chi connectivity index (χ2n) is 12.5. The number of anilines is 5. The predicted molar refractivity (Wildman–Crippen MR) is 180 cm³/mol. The lowest BCUT2D eigenvalue weighted by Crippen LogP contribution is -2.52. The molecule has 45 heavy (non-hydrogen) atoms. The van der Waals surface area contributed by atoms with Gasteiger partial charge in [-0.1, -0.05) is 0 Å². The summed E-state index contributed by atoms with van der Waals surface area (Å²) in [5.74, 6) is 1.44. The molecule has 0 unspecified atom stereocenters. The molecule has 0 saturated carbocycles. The van der Waals surface area contributed by atoms with Gasteiger partial charge in [-0.15, -0.1) is 0 Å². The number of aromatic nitrogens is 2. The summed E-state index contributed by atoms with van der Waals surface area (Å²) in [6.45, 7) is 12.9. The predicted octanol–water partition coefficient (Wildman–Crippen LogP) is 4.30. The van der Waals surface area contributed by atoms with Gasteiger partial charge in [0.05, 0.1) is 0 Å². The Morgan fingerprint density at radius 3 is 2.04 bits per heavy atom. The number of piperidine rings is 1. The third kappa shape index (κ3) is 7.54. The van der Waals surface area contributed by atoms with Gasteiger partial charge in [-0.25, -0.2) is 9.78 Å². The highest BCUT2D eigenvalue weighted by Crippen LogP contribution is 2.25. The first-order valence-corrected chi connectivity index (χ1v) is 16.1. The SMILES string of the molecule is CC(=O)c1ccc(NC(=O)N2CCN(c3nc(Nc4ccc(N5CCN(C6CCN(C)CC6)CC5)cc4)ncc3C)CC2)cc1. The number of nitrogens with zero attached hydrogens (tertiary/aromatic N) is 7. The summed E-state index contributed by atoms with van der Waals surface area (Å²) < 4.78 is 0. The fraction of sp³-hybridized carbons (Fsp3) is 0.471. The van der Waals surface area contributed by atoms with E-state index in [2.05, 4.69) is 66.5 Å². The molecule has 0 radical (unpaired) electrons. The number of hydrogen-bond acceptors (Lipinski definition) is 9. The molecule has 3 aliphatic heterocycles. The van der Waals surface area contributed by atoms with Crippen LogP contribution in [0.1, 0.15) is 35.7 Å². The molecule has 238 valence electrons. The van der Waals surface area contributed by atoms with Gasteiger partial charge in [0.1, 0.15) is 5.82 Å². The van der Waals surface area contributed by atoms with E-state index >= 15 is 0 Å². The third-order valence-corrected chi connectivity index (χ3v) is 9.36. The van der Waals surface area contributed by atoms with Crippen molar-refractivity contribution in [2.45, 2.75) is 32.7 Å². The molecular formula is C34H45N9O2. The van der Waals surface area contributed by atoms with Crippen molar-refractivity contribution >= 4 is 40.6 Å². The zero-order chi connectivity index (χ0) is 31.3. The van der Waals surface area contributed by atoms with Gasteiger partial charge in [-0.2, -0.15) is 4.98 Å². The molecule has 2 N–H and O–H groups in total. The van der Waals surface area contributed by atoms with E-state index in [-0.39, 0.29) is 11.8 Å². The number of amides is 2. The Bertz CT molecular complexity index is 1460. The van der Waals surface area contributed by atoms with E-state index in [0.29, 0.717) is 43.4 Å². The first-order chi connectivity index (χ1) is 21.8. The van der Waals surface area contributed by atoms with E-state index in [4.69, 9.17) is 4.98 Å². The van der Waals surface area contributed by atoms with Crippen molar-refractivity contribution in [3.05, 3.63) is 65.9 Å². The number of likely N-dealkylation sites (tertiary alicyclic amines) is 1. The van der Waals surface area contributed by atoms with Gasteiger partial charge >= 0.3 is 6.03 Å². The average Bonchev–Trinajstić information content (AvgIpc) is 3.07. The minimum atomic E-state index is -0.144. The van der Waals surface area contributed by atoms with E-state index in [1.165, 1.54) is 38.5 Å². The maximum atomic E-state index is 12.9. The largest absolute Gasteiger partial charge is 0.369 e. The number of Topliss-reactive ketones (excluding diaryl/α,β-unsaturated/α-hetero) is 1. The number of aryl methyl sites for hydroxylation is 1. The summed E-state index contributed by atoms with van der Waals surface area (Å²) in [6, 6.07) is 16.1. The van der Waals surface area contributed by atoms with Crippen LogP contribution in [-0.4, -0.2) is 115 Å². The number of ketones is 1. The van der Waals surface area contributed by atoms with Crippen LogP contribution in [0.5, 0.6) is 0 Å². The number of hydrogen-bond donors (Lipinski definition) is 2. The van der Waals surface area contributed by atoms with E-state index in [9.17, 15) is 9.59 Å². The van der Waals surface area contributed by atoms with Crippen LogP contribution in [0.15, 0.2) is 54.7 Å². The van der Waals surface area contributed by atoms with Crippen LogP contribution in [0, 0.1) is 6.92 Å². The molecule has 3 aromatic rings. The van der Waals surface area contributed by atoms with Gasteiger partial charge in [0, 0.05) is 92.8 Å². The molecule has 3 fully saturated rings. The minimum absolute atomic E-state index is 0.00268. The quantitative estimate of drug-likeness (QED) is 0.379. The maximum absolute atomic E-state index is 12.9. The second-order valence-corrected chi connectivity index (χ2v) is 12.5. The Hall–Kier alpha value is -4.22. The average molecular weight is 612 g/mol. The van der Waals surface area contributed by atoms with Crippen molar-refractivity contribution in [1.29, 1.82) is 0 Å². The van der Waals surface area contributed by atoms with Gasteiger partial charge < -0.3 is 30.2 Å². The number of urea groups is 1. The number of rotatable bonds is 7. The molecule has 2 aromatic carbocycles. The van der Waals surface area contributed by atoms with Crippen molar-refractivity contribution in [2.75, 3.05) is 92.9 Å².